The minimum atomic E-state index is -0.450. The number of nitrogens with one attached hydrogen (secondary N) is 1. The van der Waals surface area contributed by atoms with E-state index in [0.717, 1.165) is 0 Å². The maximum Gasteiger partial charge on any atom is 0.152 e. The lowest BCUT2D eigenvalue weighted by molar-refractivity contribution is 0.633. The number of aryl methyl sites for hydroxylation is 1. The van der Waals surface area contributed by atoms with Crippen LogP contribution in [0.2, 0.25) is 0 Å². The number of nitrogens with zero attached hydrogens (tertiary/aromatic N) is 3. The van der Waals surface area contributed by atoms with Gasteiger partial charge >= 0.3 is 0 Å². The Bertz CT molecular complexity index is 750. The van der Waals surface area contributed by atoms with E-state index in [1.165, 1.54) is 6.07 Å². The summed E-state index contributed by atoms with van der Waals surface area (Å²) in [6.07, 6.45) is 3.37. The van der Waals surface area contributed by atoms with Crippen molar-refractivity contribution < 1.29 is 4.39 Å². The van der Waals surface area contributed by atoms with Crippen LogP contribution >= 0.6 is 0 Å². The molecule has 6 heteroatoms. The van der Waals surface area contributed by atoms with Crippen LogP contribution in [0.25, 0.3) is 10.9 Å². The highest BCUT2D eigenvalue weighted by Crippen LogP contribution is 2.31. The lowest BCUT2D eigenvalue weighted by Gasteiger charge is -2.10. The van der Waals surface area contributed by atoms with Crippen molar-refractivity contribution in [1.29, 1.82) is 0 Å². The van der Waals surface area contributed by atoms with Crippen LogP contribution in [0.15, 0.2) is 36.7 Å². The van der Waals surface area contributed by atoms with E-state index in [2.05, 4.69) is 15.4 Å². The van der Waals surface area contributed by atoms with Gasteiger partial charge < -0.3 is 11.1 Å². The molecule has 0 aliphatic carbocycles. The molecule has 5 nitrogen and oxygen atoms in total. The number of benzene rings is 1. The molecule has 3 N–H and O–H groups in total. The van der Waals surface area contributed by atoms with Gasteiger partial charge in [-0.1, -0.05) is 0 Å². The van der Waals surface area contributed by atoms with Crippen LogP contribution in [0.1, 0.15) is 0 Å². The van der Waals surface area contributed by atoms with Gasteiger partial charge in [0.15, 0.2) is 11.6 Å². The van der Waals surface area contributed by atoms with Gasteiger partial charge in [0.2, 0.25) is 0 Å². The summed E-state index contributed by atoms with van der Waals surface area (Å²) in [4.78, 5) is 4.19. The molecule has 3 rings (SSSR count). The highest BCUT2D eigenvalue weighted by Gasteiger charge is 2.12. The van der Waals surface area contributed by atoms with Crippen molar-refractivity contribution >= 4 is 28.1 Å². The van der Waals surface area contributed by atoms with Crippen LogP contribution in [0, 0.1) is 5.82 Å². The van der Waals surface area contributed by atoms with Crippen LogP contribution < -0.4 is 11.1 Å². The first kappa shape index (κ1) is 11.5. The fourth-order valence-electron chi connectivity index (χ4n) is 1.97. The standard InChI is InChI=1S/C13H12FN5/c1-19-6-4-11(18-19)17-13-9(14)7-10(15)8-3-2-5-16-12(8)13/h2-7H,15H2,1H3,(H,17,18). The van der Waals surface area contributed by atoms with Crippen LogP contribution in [0.5, 0.6) is 0 Å². The van der Waals surface area contributed by atoms with Gasteiger partial charge in [0, 0.05) is 36.6 Å². The molecule has 19 heavy (non-hydrogen) atoms. The summed E-state index contributed by atoms with van der Waals surface area (Å²) in [6, 6.07) is 6.61. The predicted octanol–water partition coefficient (Wildman–Crippen LogP) is 2.43. The first-order chi connectivity index (χ1) is 9.15. The zero-order chi connectivity index (χ0) is 13.4. The summed E-state index contributed by atoms with van der Waals surface area (Å²) >= 11 is 0. The number of nitrogen functional groups attached to an aromatic ring is 1. The predicted molar refractivity (Wildman–Crippen MR) is 72.6 cm³/mol. The highest BCUT2D eigenvalue weighted by molar-refractivity contribution is 5.99. The van der Waals surface area contributed by atoms with Crippen molar-refractivity contribution in [2.75, 3.05) is 11.1 Å². The van der Waals surface area contributed by atoms with Crippen LogP contribution in [-0.2, 0) is 7.05 Å². The Labute approximate surface area is 108 Å². The third-order valence-electron chi connectivity index (χ3n) is 2.84. The number of halogens is 1. The summed E-state index contributed by atoms with van der Waals surface area (Å²) in [5.74, 6) is 0.104. The van der Waals surface area contributed by atoms with Gasteiger partial charge in [-0.3, -0.25) is 9.67 Å². The number of hydrogen-bond acceptors (Lipinski definition) is 4. The normalized spacial score (nSPS) is 10.8. The average Bonchev–Trinajstić information content (AvgIpc) is 2.80. The number of aromatic nitrogens is 3. The maximum absolute atomic E-state index is 14.1. The van der Waals surface area contributed by atoms with Crippen molar-refractivity contribution in [3.63, 3.8) is 0 Å². The zero-order valence-electron chi connectivity index (χ0n) is 10.3. The van der Waals surface area contributed by atoms with E-state index in [-0.39, 0.29) is 5.69 Å². The molecule has 0 unspecified atom stereocenters. The van der Waals surface area contributed by atoms with Gasteiger partial charge in [0.25, 0.3) is 0 Å². The van der Waals surface area contributed by atoms with Crippen LogP contribution in [0.4, 0.5) is 21.6 Å². The zero-order valence-corrected chi connectivity index (χ0v) is 10.3. The molecule has 0 bridgehead atoms. The molecule has 0 aliphatic heterocycles. The van der Waals surface area contributed by atoms with Crippen molar-refractivity contribution in [3.8, 4) is 0 Å². The molecule has 0 saturated carbocycles. The topological polar surface area (TPSA) is 68.8 Å². The Morgan fingerprint density at radius 1 is 1.37 bits per heavy atom. The quantitative estimate of drug-likeness (QED) is 0.692. The van der Waals surface area contributed by atoms with Crippen LogP contribution in [-0.4, -0.2) is 14.8 Å². The molecule has 0 atom stereocenters. The second-order valence-electron chi connectivity index (χ2n) is 4.22. The average molecular weight is 257 g/mol. The summed E-state index contributed by atoms with van der Waals surface area (Å²) in [5, 5.41) is 7.80. The number of fused-ring (bicyclic) bond motifs is 1. The number of pyridine rings is 1. The molecule has 0 fully saturated rings. The molecule has 2 heterocycles. The number of rotatable bonds is 2. The summed E-state index contributed by atoms with van der Waals surface area (Å²) in [5.41, 5.74) is 6.94. The van der Waals surface area contributed by atoms with Gasteiger partial charge in [0.05, 0.1) is 5.52 Å². The number of anilines is 3. The molecule has 2 aromatic heterocycles. The van der Waals surface area contributed by atoms with E-state index in [9.17, 15) is 4.39 Å². The van der Waals surface area contributed by atoms with E-state index < -0.39 is 5.82 Å². The molecule has 0 saturated heterocycles. The number of hydrogen-bond donors (Lipinski definition) is 2. The van der Waals surface area contributed by atoms with E-state index in [1.54, 1.807) is 42.3 Å². The second kappa shape index (κ2) is 4.24. The van der Waals surface area contributed by atoms with E-state index in [1.807, 2.05) is 0 Å². The van der Waals surface area contributed by atoms with Gasteiger partial charge in [-0.15, -0.1) is 0 Å². The molecule has 0 radical (unpaired) electrons. The maximum atomic E-state index is 14.1. The van der Waals surface area contributed by atoms with Crippen molar-refractivity contribution in [3.05, 3.63) is 42.5 Å². The first-order valence-corrected chi connectivity index (χ1v) is 5.74. The molecule has 0 spiro atoms. The molecule has 96 valence electrons. The minimum absolute atomic E-state index is 0.281. The molecule has 0 amide bonds. The Kier molecular flexibility index (Phi) is 2.56. The Morgan fingerprint density at radius 2 is 2.21 bits per heavy atom. The fraction of sp³-hybridized carbons (Fsp3) is 0.0769. The van der Waals surface area contributed by atoms with E-state index >= 15 is 0 Å². The minimum Gasteiger partial charge on any atom is -0.398 e. The van der Waals surface area contributed by atoms with Gasteiger partial charge in [0.1, 0.15) is 5.69 Å². The van der Waals surface area contributed by atoms with Crippen molar-refractivity contribution in [2.24, 2.45) is 7.05 Å². The fourth-order valence-corrected chi connectivity index (χ4v) is 1.97. The highest BCUT2D eigenvalue weighted by atomic mass is 19.1. The van der Waals surface area contributed by atoms with Gasteiger partial charge in [-0.05, 0) is 18.2 Å². The molecular weight excluding hydrogens is 245 g/mol. The Morgan fingerprint density at radius 3 is 2.95 bits per heavy atom. The summed E-state index contributed by atoms with van der Waals surface area (Å²) in [7, 11) is 1.79. The van der Waals surface area contributed by atoms with E-state index in [4.69, 9.17) is 5.73 Å². The van der Waals surface area contributed by atoms with Crippen molar-refractivity contribution in [1.82, 2.24) is 14.8 Å². The lowest BCUT2D eigenvalue weighted by atomic mass is 10.1. The first-order valence-electron chi connectivity index (χ1n) is 5.74. The summed E-state index contributed by atoms with van der Waals surface area (Å²) < 4.78 is 15.7. The molecule has 1 aromatic carbocycles. The monoisotopic (exact) mass is 257 g/mol. The summed E-state index contributed by atoms with van der Waals surface area (Å²) in [6.45, 7) is 0. The second-order valence-corrected chi connectivity index (χ2v) is 4.22. The van der Waals surface area contributed by atoms with Gasteiger partial charge in [-0.2, -0.15) is 5.10 Å². The number of nitrogens with two attached hydrogens (primary N) is 1. The largest absolute Gasteiger partial charge is 0.398 e. The third-order valence-corrected chi connectivity index (χ3v) is 2.84. The Balaban J connectivity index is 2.17. The SMILES string of the molecule is Cn1ccc(Nc2c(F)cc(N)c3cccnc23)n1. The van der Waals surface area contributed by atoms with Crippen LogP contribution in [0.3, 0.4) is 0 Å². The molecule has 3 aromatic rings. The smallest absolute Gasteiger partial charge is 0.152 e. The van der Waals surface area contributed by atoms with Crippen molar-refractivity contribution in [2.45, 2.75) is 0 Å². The third kappa shape index (κ3) is 1.97. The molecular formula is C13H12FN5. The van der Waals surface area contributed by atoms with Gasteiger partial charge in [-0.25, -0.2) is 4.39 Å². The Hall–Kier alpha value is -2.63. The lowest BCUT2D eigenvalue weighted by Crippen LogP contribution is -2.00. The van der Waals surface area contributed by atoms with E-state index in [0.29, 0.717) is 22.4 Å². The molecule has 0 aliphatic rings.